The zero-order valence-electron chi connectivity index (χ0n) is 27.8. The van der Waals surface area contributed by atoms with Crippen molar-refractivity contribution in [3.05, 3.63) is 76.7 Å². The molecule has 2 amide bonds. The second-order valence-electron chi connectivity index (χ2n) is 12.2. The molecule has 0 unspecified atom stereocenters. The molecule has 3 aromatic rings. The van der Waals surface area contributed by atoms with Crippen LogP contribution in [0.25, 0.3) is 17.0 Å². The number of Topliss-reactive ketones (excluding diaryl/α,β-unsaturated/α-hetero) is 1. The number of hydrogen-bond acceptors (Lipinski definition) is 5. The van der Waals surface area contributed by atoms with Crippen LogP contribution in [0, 0.1) is 5.82 Å². The van der Waals surface area contributed by atoms with Gasteiger partial charge < -0.3 is 15.0 Å². The molecule has 0 spiro atoms. The van der Waals surface area contributed by atoms with Crippen LogP contribution < -0.4 is 10.1 Å². The summed E-state index contributed by atoms with van der Waals surface area (Å²) in [5, 5.41) is 7.54. The number of ketones is 1. The van der Waals surface area contributed by atoms with Crippen molar-refractivity contribution in [1.82, 2.24) is 20.0 Å². The van der Waals surface area contributed by atoms with Crippen LogP contribution in [0.5, 0.6) is 5.75 Å². The number of carbonyl (C=O) groups is 3. The predicted octanol–water partition coefficient (Wildman–Crippen LogP) is 8.01. The van der Waals surface area contributed by atoms with E-state index >= 15 is 0 Å². The van der Waals surface area contributed by atoms with Crippen molar-refractivity contribution in [3.8, 4) is 5.75 Å². The van der Waals surface area contributed by atoms with E-state index < -0.39 is 29.8 Å². The number of hydrogen-bond donors (Lipinski definition) is 1. The molecule has 0 saturated carbocycles. The quantitative estimate of drug-likeness (QED) is 0.0834. The van der Waals surface area contributed by atoms with Gasteiger partial charge in [0.15, 0.2) is 5.78 Å². The molecular formula is C37H45ClF2N4O4. The lowest BCUT2D eigenvalue weighted by Gasteiger charge is -2.24. The Bertz CT molecular complexity index is 1640. The van der Waals surface area contributed by atoms with Crippen LogP contribution in [0.15, 0.2) is 49.1 Å². The maximum Gasteiger partial charge on any atom is 0.245 e. The Kier molecular flexibility index (Phi) is 13.7. The van der Waals surface area contributed by atoms with Gasteiger partial charge >= 0.3 is 0 Å². The number of allylic oxidation sites excluding steroid dienone is 2. The maximum absolute atomic E-state index is 14.7. The summed E-state index contributed by atoms with van der Waals surface area (Å²) in [6.07, 6.45) is 12.9. The lowest BCUT2D eigenvalue weighted by atomic mass is 10.1. The first-order valence-corrected chi connectivity index (χ1v) is 17.1. The molecule has 0 bridgehead atoms. The number of carbonyl (C=O) groups excluding carboxylic acids is 3. The molecule has 0 aliphatic carbocycles. The Balaban J connectivity index is 1.40. The molecular weight excluding hydrogens is 638 g/mol. The molecule has 1 aliphatic rings. The average Bonchev–Trinajstić information content (AvgIpc) is 3.63. The number of nitrogens with zero attached hydrogens (tertiary/aromatic N) is 3. The van der Waals surface area contributed by atoms with Crippen LogP contribution in [0.1, 0.15) is 93.3 Å². The number of unbranched alkanes of at least 4 members (excludes halogenated alkanes) is 7. The largest absolute Gasteiger partial charge is 0.494 e. The summed E-state index contributed by atoms with van der Waals surface area (Å²) in [6, 6.07) is 7.23. The van der Waals surface area contributed by atoms with Gasteiger partial charge in [-0.05, 0) is 56.0 Å². The monoisotopic (exact) mass is 682 g/mol. The van der Waals surface area contributed by atoms with E-state index in [4.69, 9.17) is 16.3 Å². The molecule has 0 radical (unpaired) electrons. The SMILES string of the molecule is C=CCCCCCCCCCOc1ccc2c(C(C)=O)nn(CC(=O)N3C[C@H](F)C[C@H]3C(=O)NCc3cc(C=CC)cc(Cl)c3F)c2c1. The highest BCUT2D eigenvalue weighted by atomic mass is 35.5. The molecule has 2 heterocycles. The molecule has 1 fully saturated rings. The van der Waals surface area contributed by atoms with E-state index in [1.165, 1.54) is 48.3 Å². The van der Waals surface area contributed by atoms with Gasteiger partial charge in [0.2, 0.25) is 11.8 Å². The van der Waals surface area contributed by atoms with E-state index in [2.05, 4.69) is 17.0 Å². The highest BCUT2D eigenvalue weighted by molar-refractivity contribution is 6.31. The van der Waals surface area contributed by atoms with Crippen LogP contribution in [-0.4, -0.2) is 57.6 Å². The molecule has 48 heavy (non-hydrogen) atoms. The van der Waals surface area contributed by atoms with Gasteiger partial charge in [-0.25, -0.2) is 8.78 Å². The Morgan fingerprint density at radius 2 is 1.83 bits per heavy atom. The molecule has 1 aromatic heterocycles. The number of aromatic nitrogens is 2. The third-order valence-electron chi connectivity index (χ3n) is 8.47. The van der Waals surface area contributed by atoms with Crippen molar-refractivity contribution in [2.45, 2.75) is 96.9 Å². The maximum atomic E-state index is 14.7. The summed E-state index contributed by atoms with van der Waals surface area (Å²) < 4.78 is 36.7. The number of rotatable bonds is 18. The summed E-state index contributed by atoms with van der Waals surface area (Å²) >= 11 is 6.03. The van der Waals surface area contributed by atoms with E-state index in [0.717, 1.165) is 25.7 Å². The van der Waals surface area contributed by atoms with Gasteiger partial charge in [0.05, 0.1) is 23.7 Å². The summed E-state index contributed by atoms with van der Waals surface area (Å²) in [5.41, 5.74) is 1.57. The number of nitrogens with one attached hydrogen (secondary N) is 1. The lowest BCUT2D eigenvalue weighted by Crippen LogP contribution is -2.46. The van der Waals surface area contributed by atoms with Gasteiger partial charge in [0.1, 0.15) is 36.0 Å². The second-order valence-corrected chi connectivity index (χ2v) is 12.6. The Hall–Kier alpha value is -4.05. The molecule has 1 saturated heterocycles. The topological polar surface area (TPSA) is 93.5 Å². The van der Waals surface area contributed by atoms with Crippen LogP contribution in [-0.2, 0) is 22.7 Å². The standard InChI is InChI=1S/C37H45ClF2N4O4/c1-4-6-7-8-9-10-11-12-13-17-48-29-15-16-30-32(21-29)44(42-36(30)25(3)45)24-34(46)43-23-28(39)20-33(43)37(47)41-22-27-18-26(14-5-2)19-31(38)35(27)40/h4-5,14-16,18-19,21,28,33H,1,6-13,17,20,22-24H2,2-3H3,(H,41,47)/t28-,33+/m1/s1. The fraction of sp³-hybridized carbons (Fsp3) is 0.459. The molecule has 1 N–H and O–H groups in total. The van der Waals surface area contributed by atoms with Crippen LogP contribution in [0.2, 0.25) is 5.02 Å². The summed E-state index contributed by atoms with van der Waals surface area (Å²) in [4.78, 5) is 40.3. The third kappa shape index (κ3) is 9.75. The first kappa shape index (κ1) is 36.8. The summed E-state index contributed by atoms with van der Waals surface area (Å²) in [6.45, 7) is 6.74. The molecule has 2 atom stereocenters. The molecule has 4 rings (SSSR count). The Morgan fingerprint density at radius 1 is 1.10 bits per heavy atom. The number of alkyl halides is 1. The zero-order chi connectivity index (χ0) is 34.6. The third-order valence-corrected chi connectivity index (χ3v) is 8.75. The highest BCUT2D eigenvalue weighted by Crippen LogP contribution is 2.27. The molecule has 8 nitrogen and oxygen atoms in total. The van der Waals surface area contributed by atoms with E-state index in [-0.39, 0.29) is 48.1 Å². The number of fused-ring (bicyclic) bond motifs is 1. The first-order chi connectivity index (χ1) is 23.1. The molecule has 1 aliphatic heterocycles. The number of likely N-dealkylation sites (tertiary alicyclic amines) is 1. The van der Waals surface area contributed by atoms with Gasteiger partial charge in [-0.15, -0.1) is 6.58 Å². The minimum atomic E-state index is -1.41. The van der Waals surface area contributed by atoms with Crippen LogP contribution in [0.4, 0.5) is 8.78 Å². The summed E-state index contributed by atoms with van der Waals surface area (Å²) in [7, 11) is 0. The van der Waals surface area contributed by atoms with Gasteiger partial charge in [-0.1, -0.05) is 61.9 Å². The van der Waals surface area contributed by atoms with E-state index in [1.54, 1.807) is 36.4 Å². The molecule has 11 heteroatoms. The van der Waals surface area contributed by atoms with Crippen molar-refractivity contribution < 1.29 is 27.9 Å². The number of amides is 2. The van der Waals surface area contributed by atoms with Crippen molar-refractivity contribution in [1.29, 1.82) is 0 Å². The van der Waals surface area contributed by atoms with Crippen LogP contribution in [0.3, 0.4) is 0 Å². The number of benzene rings is 2. The van der Waals surface area contributed by atoms with Gasteiger partial charge in [-0.3, -0.25) is 19.1 Å². The Morgan fingerprint density at radius 3 is 2.54 bits per heavy atom. The predicted molar refractivity (Wildman–Crippen MR) is 185 cm³/mol. The van der Waals surface area contributed by atoms with Gasteiger partial charge in [0.25, 0.3) is 0 Å². The highest BCUT2D eigenvalue weighted by Gasteiger charge is 2.40. The lowest BCUT2D eigenvalue weighted by molar-refractivity contribution is -0.139. The first-order valence-electron chi connectivity index (χ1n) is 16.7. The minimum Gasteiger partial charge on any atom is -0.494 e. The minimum absolute atomic E-state index is 0.0812. The normalized spacial score (nSPS) is 16.1. The number of ether oxygens (including phenoxy) is 1. The fourth-order valence-electron chi connectivity index (χ4n) is 6.00. The van der Waals surface area contributed by atoms with E-state index in [0.29, 0.717) is 28.8 Å². The van der Waals surface area contributed by atoms with Crippen molar-refractivity contribution in [2.24, 2.45) is 0 Å². The Labute approximate surface area is 286 Å². The van der Waals surface area contributed by atoms with Crippen LogP contribution >= 0.6 is 11.6 Å². The van der Waals surface area contributed by atoms with E-state index in [9.17, 15) is 23.2 Å². The average molecular weight is 683 g/mol. The number of halogens is 3. The van der Waals surface area contributed by atoms with Crippen molar-refractivity contribution >= 4 is 46.2 Å². The van der Waals surface area contributed by atoms with E-state index in [1.807, 2.05) is 13.0 Å². The van der Waals surface area contributed by atoms with Crippen molar-refractivity contribution in [2.75, 3.05) is 13.2 Å². The smallest absolute Gasteiger partial charge is 0.245 e. The molecule has 258 valence electrons. The van der Waals surface area contributed by atoms with Crippen molar-refractivity contribution in [3.63, 3.8) is 0 Å². The fourth-order valence-corrected chi connectivity index (χ4v) is 6.25. The second kappa shape index (κ2) is 17.9. The van der Waals surface area contributed by atoms with Gasteiger partial charge in [-0.2, -0.15) is 5.10 Å². The zero-order valence-corrected chi connectivity index (χ0v) is 28.5. The molecule has 2 aromatic carbocycles. The van der Waals surface area contributed by atoms with Gasteiger partial charge in [0, 0.05) is 36.9 Å². The summed E-state index contributed by atoms with van der Waals surface area (Å²) in [5.74, 6) is -1.47.